The summed E-state index contributed by atoms with van der Waals surface area (Å²) in [6.45, 7) is 4.89. The van der Waals surface area contributed by atoms with Crippen LogP contribution >= 0.6 is 0 Å². The maximum Gasteiger partial charge on any atom is 0.245 e. The number of carbonyl (C=O) groups excluding carboxylic acids is 1. The lowest BCUT2D eigenvalue weighted by atomic mass is 9.81. The van der Waals surface area contributed by atoms with Gasteiger partial charge in [-0.3, -0.25) is 4.79 Å². The Morgan fingerprint density at radius 1 is 1.37 bits per heavy atom. The fourth-order valence-corrected chi connectivity index (χ4v) is 2.31. The number of amides is 1. The lowest BCUT2D eigenvalue weighted by Gasteiger charge is -2.29. The molecule has 1 N–H and O–H groups in total. The van der Waals surface area contributed by atoms with Gasteiger partial charge >= 0.3 is 0 Å². The first-order chi connectivity index (χ1) is 9.07. The molecule has 0 aromatic heterocycles. The maximum absolute atomic E-state index is 12.4. The third-order valence-corrected chi connectivity index (χ3v) is 3.63. The topological polar surface area (TPSA) is 62.1 Å². The smallest absolute Gasteiger partial charge is 0.245 e. The molecule has 0 bridgehead atoms. The Morgan fingerprint density at radius 3 is 2.63 bits per heavy atom. The second-order valence-electron chi connectivity index (χ2n) is 5.08. The van der Waals surface area contributed by atoms with Crippen molar-refractivity contribution in [2.75, 3.05) is 18.5 Å². The minimum Gasteiger partial charge on any atom is -0.381 e. The largest absolute Gasteiger partial charge is 0.381 e. The molecule has 0 unspecified atom stereocenters. The van der Waals surface area contributed by atoms with Crippen molar-refractivity contribution < 1.29 is 9.53 Å². The first kappa shape index (κ1) is 13.6. The Morgan fingerprint density at radius 2 is 2.05 bits per heavy atom. The highest BCUT2D eigenvalue weighted by atomic mass is 16.5. The van der Waals surface area contributed by atoms with Crippen LogP contribution in [0.2, 0.25) is 0 Å². The Labute approximate surface area is 113 Å². The van der Waals surface area contributed by atoms with E-state index in [1.807, 2.05) is 32.0 Å². The summed E-state index contributed by atoms with van der Waals surface area (Å²) in [6.07, 6.45) is 0.917. The van der Waals surface area contributed by atoms with E-state index >= 15 is 0 Å². The summed E-state index contributed by atoms with van der Waals surface area (Å²) in [4.78, 5) is 12.4. The van der Waals surface area contributed by atoms with Crippen LogP contribution in [0, 0.1) is 30.6 Å². The second-order valence-corrected chi connectivity index (χ2v) is 5.08. The fraction of sp³-hybridized carbons (Fsp3) is 0.467. The van der Waals surface area contributed by atoms with Gasteiger partial charge in [0.25, 0.3) is 0 Å². The van der Waals surface area contributed by atoms with Crippen molar-refractivity contribution in [3.05, 3.63) is 29.3 Å². The van der Waals surface area contributed by atoms with Crippen LogP contribution in [0.3, 0.4) is 0 Å². The average molecular weight is 258 g/mol. The lowest BCUT2D eigenvalue weighted by Crippen LogP contribution is -2.40. The van der Waals surface area contributed by atoms with E-state index in [-0.39, 0.29) is 5.91 Å². The zero-order valence-electron chi connectivity index (χ0n) is 11.3. The molecule has 1 aromatic carbocycles. The number of aryl methyl sites for hydroxylation is 2. The summed E-state index contributed by atoms with van der Waals surface area (Å²) in [5.41, 5.74) is 1.98. The first-order valence-corrected chi connectivity index (χ1v) is 6.45. The molecule has 1 heterocycles. The molecular formula is C15H18N2O2. The van der Waals surface area contributed by atoms with E-state index in [4.69, 9.17) is 4.74 Å². The lowest BCUT2D eigenvalue weighted by molar-refractivity contribution is -0.126. The summed E-state index contributed by atoms with van der Waals surface area (Å²) in [7, 11) is 0. The molecule has 0 aliphatic carbocycles. The number of nitrogens with one attached hydrogen (secondary N) is 1. The molecule has 0 atom stereocenters. The summed E-state index contributed by atoms with van der Waals surface area (Å²) >= 11 is 0. The van der Waals surface area contributed by atoms with Crippen LogP contribution in [0.4, 0.5) is 5.69 Å². The average Bonchev–Trinajstić information content (AvgIpc) is 2.42. The van der Waals surface area contributed by atoms with E-state index < -0.39 is 5.41 Å². The van der Waals surface area contributed by atoms with E-state index in [9.17, 15) is 10.1 Å². The highest BCUT2D eigenvalue weighted by molar-refractivity contribution is 5.97. The second kappa shape index (κ2) is 5.41. The predicted octanol–water partition coefficient (Wildman–Crippen LogP) is 2.56. The number of anilines is 1. The number of hydrogen-bond acceptors (Lipinski definition) is 3. The van der Waals surface area contributed by atoms with E-state index in [1.54, 1.807) is 0 Å². The van der Waals surface area contributed by atoms with Gasteiger partial charge < -0.3 is 10.1 Å². The molecule has 1 fully saturated rings. The first-order valence-electron chi connectivity index (χ1n) is 6.45. The van der Waals surface area contributed by atoms with Crippen LogP contribution < -0.4 is 5.32 Å². The van der Waals surface area contributed by atoms with Crippen LogP contribution in [0.25, 0.3) is 0 Å². The van der Waals surface area contributed by atoms with Crippen LogP contribution in [-0.2, 0) is 9.53 Å². The third-order valence-electron chi connectivity index (χ3n) is 3.63. The third kappa shape index (κ3) is 2.77. The summed E-state index contributed by atoms with van der Waals surface area (Å²) in [6, 6.07) is 8.02. The van der Waals surface area contributed by atoms with E-state index in [1.165, 1.54) is 0 Å². The fourth-order valence-electron chi connectivity index (χ4n) is 2.31. The number of hydrogen-bond donors (Lipinski definition) is 1. The van der Waals surface area contributed by atoms with Crippen LogP contribution in [0.5, 0.6) is 0 Å². The molecule has 1 aliphatic heterocycles. The monoisotopic (exact) mass is 258 g/mol. The van der Waals surface area contributed by atoms with Gasteiger partial charge in [-0.15, -0.1) is 0 Å². The van der Waals surface area contributed by atoms with Crippen molar-refractivity contribution in [1.29, 1.82) is 5.26 Å². The molecule has 0 radical (unpaired) electrons. The Balaban J connectivity index is 2.18. The Bertz CT molecular complexity index is 525. The quantitative estimate of drug-likeness (QED) is 0.886. The van der Waals surface area contributed by atoms with Crippen LogP contribution in [0.1, 0.15) is 24.0 Å². The normalized spacial score (nSPS) is 17.5. The minimum atomic E-state index is -0.949. The SMILES string of the molecule is Cc1ccc(NC(=O)C2(C#N)CCOCC2)c(C)c1. The van der Waals surface area contributed by atoms with Gasteiger partial charge in [-0.25, -0.2) is 0 Å². The Kier molecular flexibility index (Phi) is 3.87. The maximum atomic E-state index is 12.4. The van der Waals surface area contributed by atoms with E-state index in [2.05, 4.69) is 11.4 Å². The van der Waals surface area contributed by atoms with Gasteiger partial charge in [0.15, 0.2) is 0 Å². The van der Waals surface area contributed by atoms with Gasteiger partial charge in [0, 0.05) is 18.9 Å². The molecule has 1 amide bonds. The van der Waals surface area contributed by atoms with Gasteiger partial charge in [0.05, 0.1) is 6.07 Å². The standard InChI is InChI=1S/C15H18N2O2/c1-11-3-4-13(12(2)9-11)17-14(18)15(10-16)5-7-19-8-6-15/h3-4,9H,5-8H2,1-2H3,(H,17,18). The number of nitrogens with zero attached hydrogens (tertiary/aromatic N) is 1. The van der Waals surface area contributed by atoms with Crippen LogP contribution in [0.15, 0.2) is 18.2 Å². The molecule has 2 rings (SSSR count). The number of carbonyl (C=O) groups is 1. The summed E-state index contributed by atoms with van der Waals surface area (Å²) in [5.74, 6) is -0.217. The van der Waals surface area contributed by atoms with Gasteiger partial charge in [-0.2, -0.15) is 5.26 Å². The van der Waals surface area contributed by atoms with Crippen molar-refractivity contribution in [1.82, 2.24) is 0 Å². The summed E-state index contributed by atoms with van der Waals surface area (Å²) in [5, 5.41) is 12.2. The number of rotatable bonds is 2. The van der Waals surface area contributed by atoms with E-state index in [0.717, 1.165) is 16.8 Å². The molecule has 1 aromatic rings. The molecule has 0 spiro atoms. The number of ether oxygens (including phenoxy) is 1. The molecule has 1 saturated heterocycles. The zero-order chi connectivity index (χ0) is 13.9. The number of benzene rings is 1. The van der Waals surface area contributed by atoms with Gasteiger partial charge in [0.1, 0.15) is 5.41 Å². The summed E-state index contributed by atoms with van der Waals surface area (Å²) < 4.78 is 5.24. The molecule has 0 saturated carbocycles. The Hall–Kier alpha value is -1.86. The van der Waals surface area contributed by atoms with E-state index in [0.29, 0.717) is 26.1 Å². The van der Waals surface area contributed by atoms with Gasteiger partial charge in [-0.1, -0.05) is 17.7 Å². The molecule has 100 valence electrons. The van der Waals surface area contributed by atoms with Crippen molar-refractivity contribution >= 4 is 11.6 Å². The predicted molar refractivity (Wildman–Crippen MR) is 72.6 cm³/mol. The van der Waals surface area contributed by atoms with Crippen molar-refractivity contribution in [2.45, 2.75) is 26.7 Å². The molecule has 4 heteroatoms. The van der Waals surface area contributed by atoms with Crippen LogP contribution in [-0.4, -0.2) is 19.1 Å². The highest BCUT2D eigenvalue weighted by Crippen LogP contribution is 2.31. The highest BCUT2D eigenvalue weighted by Gasteiger charge is 2.40. The van der Waals surface area contributed by atoms with Crippen molar-refractivity contribution in [2.24, 2.45) is 5.41 Å². The molecule has 1 aliphatic rings. The van der Waals surface area contributed by atoms with Gasteiger partial charge in [-0.05, 0) is 38.3 Å². The van der Waals surface area contributed by atoms with Crippen molar-refractivity contribution in [3.63, 3.8) is 0 Å². The minimum absolute atomic E-state index is 0.217. The molecule has 19 heavy (non-hydrogen) atoms. The van der Waals surface area contributed by atoms with Gasteiger partial charge in [0.2, 0.25) is 5.91 Å². The zero-order valence-corrected chi connectivity index (χ0v) is 11.3. The molecular weight excluding hydrogens is 240 g/mol. The molecule has 4 nitrogen and oxygen atoms in total. The van der Waals surface area contributed by atoms with Crippen molar-refractivity contribution in [3.8, 4) is 6.07 Å². The number of nitriles is 1.